The van der Waals surface area contributed by atoms with Crippen molar-refractivity contribution in [2.75, 3.05) is 25.6 Å². The summed E-state index contributed by atoms with van der Waals surface area (Å²) in [6.07, 6.45) is 0.307. The molecule has 0 heterocycles. The van der Waals surface area contributed by atoms with Gasteiger partial charge in [-0.3, -0.25) is 9.35 Å². The predicted octanol–water partition coefficient (Wildman–Crippen LogP) is 0.136. The SMILES string of the molecule is C=C(C)C(=O)OCC(COC(=O)C(=C)C)C(=O)OCCCCS(=O)(=O)O.[CaH2]. The Morgan fingerprint density at radius 1 is 0.926 bits per heavy atom. The second kappa shape index (κ2) is 14.1. The van der Waals surface area contributed by atoms with E-state index in [1.165, 1.54) is 13.8 Å². The molecule has 152 valence electrons. The van der Waals surface area contributed by atoms with Crippen LogP contribution in [-0.4, -0.2) is 94.2 Å². The molecule has 11 heteroatoms. The van der Waals surface area contributed by atoms with Gasteiger partial charge in [0.05, 0.1) is 12.4 Å². The van der Waals surface area contributed by atoms with E-state index in [-0.39, 0.29) is 81.5 Å². The minimum atomic E-state index is -4.07. The molecule has 0 rings (SSSR count). The molecule has 0 saturated heterocycles. The zero-order chi connectivity index (χ0) is 20.3. The van der Waals surface area contributed by atoms with Crippen molar-refractivity contribution in [3.63, 3.8) is 0 Å². The molecule has 0 aromatic carbocycles. The van der Waals surface area contributed by atoms with Crippen LogP contribution in [-0.2, 0) is 38.7 Å². The standard InChI is InChI=1S/C16H24O9S.Ca.2H/c1-11(2)14(17)24-9-13(10-25-15(18)12(3)4)16(19)23-7-5-6-8-26(20,21)22;;;/h13H,1,3,5-10H2,2,4H3,(H,20,21,22);;;. The fraction of sp³-hybridized carbons (Fsp3) is 0.562. The number of ether oxygens (including phenoxy) is 3. The molecule has 0 aromatic rings. The Labute approximate surface area is 188 Å². The van der Waals surface area contributed by atoms with E-state index in [1.54, 1.807) is 0 Å². The van der Waals surface area contributed by atoms with Crippen LogP contribution in [0.4, 0.5) is 0 Å². The monoisotopic (exact) mass is 434 g/mol. The van der Waals surface area contributed by atoms with Crippen LogP contribution >= 0.6 is 0 Å². The van der Waals surface area contributed by atoms with Crippen molar-refractivity contribution >= 4 is 65.8 Å². The molecule has 27 heavy (non-hydrogen) atoms. The van der Waals surface area contributed by atoms with Crippen LogP contribution in [0.5, 0.6) is 0 Å². The number of rotatable bonds is 12. The van der Waals surface area contributed by atoms with Crippen LogP contribution in [0.1, 0.15) is 26.7 Å². The first kappa shape index (κ1) is 28.3. The fourth-order valence-corrected chi connectivity index (χ4v) is 2.03. The average molecular weight is 435 g/mol. The van der Waals surface area contributed by atoms with Crippen molar-refractivity contribution in [1.82, 2.24) is 0 Å². The summed E-state index contributed by atoms with van der Waals surface area (Å²) in [6.45, 7) is 8.83. The van der Waals surface area contributed by atoms with Gasteiger partial charge in [-0.05, 0) is 26.7 Å². The van der Waals surface area contributed by atoms with Crippen molar-refractivity contribution in [1.29, 1.82) is 0 Å². The molecule has 0 spiro atoms. The van der Waals surface area contributed by atoms with E-state index in [2.05, 4.69) is 13.2 Å². The third kappa shape index (κ3) is 14.7. The van der Waals surface area contributed by atoms with Gasteiger partial charge in [0.1, 0.15) is 19.1 Å². The third-order valence-electron chi connectivity index (χ3n) is 2.90. The molecular formula is C16H26CaO9S. The van der Waals surface area contributed by atoms with E-state index < -0.39 is 39.7 Å². The van der Waals surface area contributed by atoms with Crippen molar-refractivity contribution < 1.29 is 41.6 Å². The summed E-state index contributed by atoms with van der Waals surface area (Å²) in [5, 5.41) is 0. The first-order valence-corrected chi connectivity index (χ1v) is 9.32. The van der Waals surface area contributed by atoms with Gasteiger partial charge in [0, 0.05) is 11.1 Å². The zero-order valence-electron chi connectivity index (χ0n) is 14.9. The van der Waals surface area contributed by atoms with Gasteiger partial charge in [-0.1, -0.05) is 13.2 Å². The molecule has 0 unspecified atom stereocenters. The number of esters is 3. The summed E-state index contributed by atoms with van der Waals surface area (Å²) in [7, 11) is -4.07. The number of hydrogen-bond acceptors (Lipinski definition) is 8. The molecule has 0 aromatic heterocycles. The molecule has 0 atom stereocenters. The quantitative estimate of drug-likeness (QED) is 0.114. The van der Waals surface area contributed by atoms with Gasteiger partial charge in [0.2, 0.25) is 0 Å². The van der Waals surface area contributed by atoms with Crippen LogP contribution in [0, 0.1) is 5.92 Å². The third-order valence-corrected chi connectivity index (χ3v) is 3.71. The van der Waals surface area contributed by atoms with Gasteiger partial charge in [-0.25, -0.2) is 9.59 Å². The summed E-state index contributed by atoms with van der Waals surface area (Å²) in [4.78, 5) is 34.9. The van der Waals surface area contributed by atoms with Gasteiger partial charge >= 0.3 is 55.6 Å². The maximum atomic E-state index is 12.1. The molecule has 9 nitrogen and oxygen atoms in total. The topological polar surface area (TPSA) is 133 Å². The molecule has 0 aliphatic carbocycles. The van der Waals surface area contributed by atoms with Crippen molar-refractivity contribution in [3.8, 4) is 0 Å². The summed E-state index contributed by atoms with van der Waals surface area (Å²) in [6, 6.07) is 0. The van der Waals surface area contributed by atoms with Gasteiger partial charge in [0.25, 0.3) is 10.1 Å². The zero-order valence-corrected chi connectivity index (χ0v) is 15.7. The van der Waals surface area contributed by atoms with E-state index in [0.29, 0.717) is 0 Å². The van der Waals surface area contributed by atoms with Crippen LogP contribution in [0.15, 0.2) is 24.3 Å². The van der Waals surface area contributed by atoms with Gasteiger partial charge in [-0.2, -0.15) is 8.42 Å². The maximum absolute atomic E-state index is 12.1. The molecule has 0 aliphatic heterocycles. The Bertz CT molecular complexity index is 625. The molecule has 0 amide bonds. The number of carbonyl (C=O) groups is 3. The number of carbonyl (C=O) groups excluding carboxylic acids is 3. The van der Waals surface area contributed by atoms with Crippen LogP contribution in [0.25, 0.3) is 0 Å². The Morgan fingerprint density at radius 2 is 1.37 bits per heavy atom. The second-order valence-electron chi connectivity index (χ2n) is 5.62. The van der Waals surface area contributed by atoms with Gasteiger partial charge < -0.3 is 14.2 Å². The van der Waals surface area contributed by atoms with Crippen LogP contribution in [0.2, 0.25) is 0 Å². The summed E-state index contributed by atoms with van der Waals surface area (Å²) >= 11 is 0. The van der Waals surface area contributed by atoms with Gasteiger partial charge in [-0.15, -0.1) is 0 Å². The van der Waals surface area contributed by atoms with E-state index >= 15 is 0 Å². The van der Waals surface area contributed by atoms with E-state index in [9.17, 15) is 22.8 Å². The average Bonchev–Trinajstić information content (AvgIpc) is 2.52. The molecule has 0 aliphatic rings. The van der Waals surface area contributed by atoms with E-state index in [4.69, 9.17) is 18.8 Å². The Kier molecular flexibility index (Phi) is 14.8. The van der Waals surface area contributed by atoms with Crippen LogP contribution in [0.3, 0.4) is 0 Å². The number of hydrogen-bond donors (Lipinski definition) is 1. The predicted molar refractivity (Wildman–Crippen MR) is 100 cm³/mol. The Morgan fingerprint density at radius 3 is 1.74 bits per heavy atom. The normalized spacial score (nSPS) is 10.5. The van der Waals surface area contributed by atoms with Gasteiger partial charge in [0.15, 0.2) is 0 Å². The second-order valence-corrected chi connectivity index (χ2v) is 7.19. The van der Waals surface area contributed by atoms with E-state index in [0.717, 1.165) is 0 Å². The summed E-state index contributed by atoms with van der Waals surface area (Å²) in [5.74, 6) is -3.69. The Hall–Kier alpha value is -0.940. The van der Waals surface area contributed by atoms with Crippen molar-refractivity contribution in [2.45, 2.75) is 26.7 Å². The molecule has 0 fully saturated rings. The summed E-state index contributed by atoms with van der Waals surface area (Å²) < 4.78 is 44.5. The summed E-state index contributed by atoms with van der Waals surface area (Å²) in [5.41, 5.74) is 0.280. The fourth-order valence-electron chi connectivity index (χ4n) is 1.46. The van der Waals surface area contributed by atoms with Crippen molar-refractivity contribution in [3.05, 3.63) is 24.3 Å². The first-order valence-electron chi connectivity index (χ1n) is 7.71. The van der Waals surface area contributed by atoms with E-state index in [1.807, 2.05) is 0 Å². The van der Waals surface area contributed by atoms with Crippen molar-refractivity contribution in [2.24, 2.45) is 5.92 Å². The Balaban J connectivity index is 0. The first-order chi connectivity index (χ1) is 11.9. The molecule has 0 radical (unpaired) electrons. The van der Waals surface area contributed by atoms with Crippen LogP contribution < -0.4 is 0 Å². The number of unbranched alkanes of at least 4 members (excludes halogenated alkanes) is 1. The molecule has 1 N–H and O–H groups in total. The molecule has 0 saturated carbocycles. The molecular weight excluding hydrogens is 408 g/mol. The minimum absolute atomic E-state index is 0. The molecule has 0 bridgehead atoms.